The van der Waals surface area contributed by atoms with Crippen LogP contribution < -0.4 is 5.32 Å². The average Bonchev–Trinajstić information content (AvgIpc) is 2.92. The number of likely N-dealkylation sites (N-methyl/N-ethyl adjacent to an activating group) is 2. The predicted molar refractivity (Wildman–Crippen MR) is 84.2 cm³/mol. The van der Waals surface area contributed by atoms with Gasteiger partial charge in [0.05, 0.1) is 13.1 Å². The fourth-order valence-corrected chi connectivity index (χ4v) is 3.43. The zero-order valence-electron chi connectivity index (χ0n) is 12.7. The number of rotatable bonds is 6. The van der Waals surface area contributed by atoms with E-state index in [1.165, 1.54) is 10.4 Å². The van der Waals surface area contributed by atoms with E-state index >= 15 is 0 Å². The Labute approximate surface area is 129 Å². The van der Waals surface area contributed by atoms with Crippen molar-refractivity contribution in [3.63, 3.8) is 0 Å². The van der Waals surface area contributed by atoms with Crippen molar-refractivity contribution in [2.24, 2.45) is 0 Å². The van der Waals surface area contributed by atoms with Gasteiger partial charge < -0.3 is 10.2 Å². The maximum absolute atomic E-state index is 12.3. The number of hydrogen-bond acceptors (Lipinski definition) is 4. The highest BCUT2D eigenvalue weighted by molar-refractivity contribution is 7.10. The Bertz CT molecular complexity index is 501. The van der Waals surface area contributed by atoms with E-state index in [9.17, 15) is 9.59 Å². The molecule has 0 radical (unpaired) electrons. The van der Waals surface area contributed by atoms with Crippen molar-refractivity contribution in [1.82, 2.24) is 15.1 Å². The highest BCUT2D eigenvalue weighted by Crippen LogP contribution is 2.23. The Morgan fingerprint density at radius 1 is 1.43 bits per heavy atom. The van der Waals surface area contributed by atoms with Crippen molar-refractivity contribution >= 4 is 23.2 Å². The second-order valence-electron chi connectivity index (χ2n) is 5.19. The van der Waals surface area contributed by atoms with Gasteiger partial charge in [-0.1, -0.05) is 0 Å². The van der Waals surface area contributed by atoms with E-state index in [4.69, 9.17) is 0 Å². The minimum atomic E-state index is -0.0912. The van der Waals surface area contributed by atoms with Gasteiger partial charge in [-0.15, -0.1) is 11.3 Å². The summed E-state index contributed by atoms with van der Waals surface area (Å²) in [5.74, 6) is -0.0612. The molecular weight excluding hydrogens is 286 g/mol. The largest absolute Gasteiger partial charge is 0.355 e. The van der Waals surface area contributed by atoms with Crippen LogP contribution in [0.3, 0.4) is 0 Å². The van der Waals surface area contributed by atoms with Crippen molar-refractivity contribution in [1.29, 1.82) is 0 Å². The summed E-state index contributed by atoms with van der Waals surface area (Å²) in [6.45, 7) is 7.24. The number of carbonyl (C=O) groups excluding carboxylic acids is 2. The van der Waals surface area contributed by atoms with Crippen molar-refractivity contribution in [2.45, 2.75) is 26.8 Å². The molecule has 0 spiro atoms. The first-order chi connectivity index (χ1) is 10.1. The van der Waals surface area contributed by atoms with Gasteiger partial charge in [0.25, 0.3) is 0 Å². The molecule has 0 fully saturated rings. The fraction of sp³-hybridized carbons (Fsp3) is 0.600. The number of hydrogen-bond donors (Lipinski definition) is 1. The monoisotopic (exact) mass is 309 g/mol. The lowest BCUT2D eigenvalue weighted by Crippen LogP contribution is -2.45. The second kappa shape index (κ2) is 7.56. The molecule has 116 valence electrons. The molecule has 5 nitrogen and oxygen atoms in total. The van der Waals surface area contributed by atoms with Gasteiger partial charge in [0.15, 0.2) is 0 Å². The topological polar surface area (TPSA) is 52.7 Å². The zero-order chi connectivity index (χ0) is 15.2. The van der Waals surface area contributed by atoms with Crippen molar-refractivity contribution in [3.05, 3.63) is 21.9 Å². The van der Waals surface area contributed by atoms with E-state index in [1.807, 2.05) is 13.8 Å². The average molecular weight is 309 g/mol. The van der Waals surface area contributed by atoms with E-state index in [1.54, 1.807) is 16.2 Å². The van der Waals surface area contributed by atoms with Gasteiger partial charge >= 0.3 is 0 Å². The predicted octanol–water partition coefficient (Wildman–Crippen LogP) is 1.09. The van der Waals surface area contributed by atoms with Gasteiger partial charge in [0, 0.05) is 31.1 Å². The molecule has 0 saturated heterocycles. The van der Waals surface area contributed by atoms with Crippen molar-refractivity contribution in [3.8, 4) is 0 Å². The first-order valence-corrected chi connectivity index (χ1v) is 8.34. The zero-order valence-corrected chi connectivity index (χ0v) is 13.5. The summed E-state index contributed by atoms with van der Waals surface area (Å²) < 4.78 is 0. The first kappa shape index (κ1) is 16.0. The Morgan fingerprint density at radius 3 is 2.95 bits per heavy atom. The Hall–Kier alpha value is -1.40. The van der Waals surface area contributed by atoms with E-state index in [0.717, 1.165) is 19.5 Å². The minimum absolute atomic E-state index is 0.0300. The molecule has 2 rings (SSSR count). The Kier molecular flexibility index (Phi) is 5.76. The molecule has 0 atom stereocenters. The second-order valence-corrected chi connectivity index (χ2v) is 6.19. The van der Waals surface area contributed by atoms with Crippen LogP contribution in [0.25, 0.3) is 0 Å². The quantitative estimate of drug-likeness (QED) is 0.856. The Morgan fingerprint density at radius 2 is 2.24 bits per heavy atom. The lowest BCUT2D eigenvalue weighted by molar-refractivity contribution is -0.136. The number of fused-ring (bicyclic) bond motifs is 1. The summed E-state index contributed by atoms with van der Waals surface area (Å²) in [7, 11) is 0. The molecule has 0 aromatic carbocycles. The molecule has 21 heavy (non-hydrogen) atoms. The van der Waals surface area contributed by atoms with Gasteiger partial charge in [0.1, 0.15) is 0 Å². The summed E-state index contributed by atoms with van der Waals surface area (Å²) in [4.78, 5) is 29.2. The van der Waals surface area contributed by atoms with Crippen LogP contribution in [-0.4, -0.2) is 54.3 Å². The number of nitrogens with zero attached hydrogens (tertiary/aromatic N) is 2. The number of carbonyl (C=O) groups is 2. The van der Waals surface area contributed by atoms with Gasteiger partial charge in [-0.2, -0.15) is 0 Å². The lowest BCUT2D eigenvalue weighted by atomic mass is 10.1. The summed E-state index contributed by atoms with van der Waals surface area (Å²) >= 11 is 1.80. The van der Waals surface area contributed by atoms with Gasteiger partial charge in [-0.05, 0) is 37.3 Å². The molecule has 1 aliphatic rings. The van der Waals surface area contributed by atoms with E-state index < -0.39 is 0 Å². The van der Waals surface area contributed by atoms with Crippen LogP contribution in [-0.2, 0) is 22.6 Å². The van der Waals surface area contributed by atoms with Crippen LogP contribution in [0.15, 0.2) is 11.4 Å². The molecule has 0 aliphatic carbocycles. The fourth-order valence-electron chi connectivity index (χ4n) is 2.54. The van der Waals surface area contributed by atoms with E-state index in [-0.39, 0.29) is 18.4 Å². The molecule has 0 saturated carbocycles. The summed E-state index contributed by atoms with van der Waals surface area (Å²) in [6.07, 6.45) is 1.02. The van der Waals surface area contributed by atoms with Crippen LogP contribution in [0.2, 0.25) is 0 Å². The summed E-state index contributed by atoms with van der Waals surface area (Å²) in [5, 5.41) is 4.85. The highest BCUT2D eigenvalue weighted by atomic mass is 32.1. The normalized spacial score (nSPS) is 14.6. The molecule has 1 aliphatic heterocycles. The van der Waals surface area contributed by atoms with Gasteiger partial charge in [-0.25, -0.2) is 0 Å². The molecule has 0 unspecified atom stereocenters. The standard InChI is InChI=1S/C15H23N3O2S/c1-3-16-14(19)10-18(4-2)15(20)11-17-7-5-13-12(9-17)6-8-21-13/h6,8H,3-5,7,9-11H2,1-2H3,(H,16,19). The summed E-state index contributed by atoms with van der Waals surface area (Å²) in [5.41, 5.74) is 1.34. The molecule has 2 heterocycles. The molecule has 1 aromatic heterocycles. The summed E-state index contributed by atoms with van der Waals surface area (Å²) in [6, 6.07) is 2.14. The van der Waals surface area contributed by atoms with Gasteiger partial charge in [0.2, 0.25) is 11.8 Å². The lowest BCUT2D eigenvalue weighted by Gasteiger charge is -2.29. The Balaban J connectivity index is 1.86. The molecular formula is C15H23N3O2S. The SMILES string of the molecule is CCNC(=O)CN(CC)C(=O)CN1CCc2sccc2C1. The van der Waals surface area contributed by atoms with Crippen molar-refractivity contribution in [2.75, 3.05) is 32.7 Å². The maximum atomic E-state index is 12.3. The number of thiophene rings is 1. The molecule has 1 aromatic rings. The van der Waals surface area contributed by atoms with Crippen LogP contribution in [0.5, 0.6) is 0 Å². The third kappa shape index (κ3) is 4.28. The molecule has 2 amide bonds. The van der Waals surface area contributed by atoms with Crippen LogP contribution in [0.4, 0.5) is 0 Å². The van der Waals surface area contributed by atoms with E-state index in [2.05, 4.69) is 21.7 Å². The third-order valence-electron chi connectivity index (χ3n) is 3.69. The number of amides is 2. The minimum Gasteiger partial charge on any atom is -0.355 e. The van der Waals surface area contributed by atoms with Gasteiger partial charge in [-0.3, -0.25) is 14.5 Å². The molecule has 1 N–H and O–H groups in total. The number of nitrogens with one attached hydrogen (secondary N) is 1. The van der Waals surface area contributed by atoms with Crippen molar-refractivity contribution < 1.29 is 9.59 Å². The molecule has 6 heteroatoms. The smallest absolute Gasteiger partial charge is 0.239 e. The maximum Gasteiger partial charge on any atom is 0.239 e. The molecule has 0 bridgehead atoms. The third-order valence-corrected chi connectivity index (χ3v) is 4.71. The van der Waals surface area contributed by atoms with Crippen LogP contribution in [0.1, 0.15) is 24.3 Å². The highest BCUT2D eigenvalue weighted by Gasteiger charge is 2.22. The van der Waals surface area contributed by atoms with Crippen LogP contribution >= 0.6 is 11.3 Å². The first-order valence-electron chi connectivity index (χ1n) is 7.46. The van der Waals surface area contributed by atoms with E-state index in [0.29, 0.717) is 19.6 Å². The van der Waals surface area contributed by atoms with Crippen LogP contribution in [0, 0.1) is 0 Å².